The number of aryl methyl sites for hydroxylation is 3. The lowest BCUT2D eigenvalue weighted by Crippen LogP contribution is -1.89. The molecule has 15 heavy (non-hydrogen) atoms. The highest BCUT2D eigenvalue weighted by molar-refractivity contribution is 8.08. The highest BCUT2D eigenvalue weighted by Gasteiger charge is 2.60. The van der Waals surface area contributed by atoms with Gasteiger partial charge in [-0.15, -0.1) is 0 Å². The molecule has 1 aromatic carbocycles. The molecule has 0 nitrogen and oxygen atoms in total. The summed E-state index contributed by atoms with van der Waals surface area (Å²) in [7, 11) is 0. The van der Waals surface area contributed by atoms with E-state index in [4.69, 9.17) is 0 Å². The molecule has 4 heteroatoms. The van der Waals surface area contributed by atoms with E-state index in [1.165, 1.54) is 16.7 Å². The second-order valence-electron chi connectivity index (χ2n) is 3.66. The summed E-state index contributed by atoms with van der Waals surface area (Å²) < 4.78 is 33.3. The molecular formula is C11H13F3S. The van der Waals surface area contributed by atoms with Crippen LogP contribution in [0.15, 0.2) is 18.2 Å². The first-order chi connectivity index (χ1) is 6.81. The SMILES string of the molecule is Cc1cc(C)cc(C)c1.FC1SC1(F)F. The van der Waals surface area contributed by atoms with Gasteiger partial charge in [0.25, 0.3) is 0 Å². The summed E-state index contributed by atoms with van der Waals surface area (Å²) in [4.78, 5) is 0. The van der Waals surface area contributed by atoms with Crippen LogP contribution in [0.3, 0.4) is 0 Å². The summed E-state index contributed by atoms with van der Waals surface area (Å²) in [6.07, 6.45) is 0. The highest BCUT2D eigenvalue weighted by atomic mass is 32.2. The van der Waals surface area contributed by atoms with Gasteiger partial charge in [0.05, 0.1) is 0 Å². The van der Waals surface area contributed by atoms with Gasteiger partial charge >= 0.3 is 5.25 Å². The van der Waals surface area contributed by atoms with Crippen LogP contribution < -0.4 is 0 Å². The van der Waals surface area contributed by atoms with E-state index in [0.717, 1.165) is 0 Å². The minimum absolute atomic E-state index is 0.0486. The molecule has 1 atom stereocenters. The van der Waals surface area contributed by atoms with Crippen molar-refractivity contribution in [3.05, 3.63) is 34.9 Å². The maximum absolute atomic E-state index is 11.1. The first-order valence-electron chi connectivity index (χ1n) is 4.56. The van der Waals surface area contributed by atoms with Gasteiger partial charge in [-0.3, -0.25) is 0 Å². The van der Waals surface area contributed by atoms with Crippen molar-refractivity contribution in [2.75, 3.05) is 0 Å². The van der Waals surface area contributed by atoms with Crippen LogP contribution in [0.25, 0.3) is 0 Å². The van der Waals surface area contributed by atoms with Gasteiger partial charge in [-0.05, 0) is 32.5 Å². The third-order valence-corrected chi connectivity index (χ3v) is 2.60. The molecule has 1 unspecified atom stereocenters. The van der Waals surface area contributed by atoms with Crippen LogP contribution in [0, 0.1) is 20.8 Å². The number of halogens is 3. The van der Waals surface area contributed by atoms with Crippen LogP contribution in [-0.2, 0) is 0 Å². The number of hydrogen-bond acceptors (Lipinski definition) is 1. The van der Waals surface area contributed by atoms with Gasteiger partial charge in [-0.2, -0.15) is 8.78 Å². The molecule has 0 spiro atoms. The molecule has 0 radical (unpaired) electrons. The quantitative estimate of drug-likeness (QED) is 0.605. The Bertz CT molecular complexity index is 299. The molecule has 1 fully saturated rings. The lowest BCUT2D eigenvalue weighted by Gasteiger charge is -1.96. The van der Waals surface area contributed by atoms with Crippen LogP contribution in [0.4, 0.5) is 13.2 Å². The number of rotatable bonds is 0. The summed E-state index contributed by atoms with van der Waals surface area (Å²) >= 11 is 0.0486. The predicted octanol–water partition coefficient (Wildman–Crippen LogP) is 4.23. The maximum atomic E-state index is 11.1. The van der Waals surface area contributed by atoms with E-state index in [1.54, 1.807) is 0 Å². The normalized spacial score (nSPS) is 21.6. The largest absolute Gasteiger partial charge is 0.336 e. The number of alkyl halides is 3. The number of hydrogen-bond donors (Lipinski definition) is 0. The Morgan fingerprint density at radius 1 is 1.00 bits per heavy atom. The zero-order chi connectivity index (χ0) is 11.6. The second kappa shape index (κ2) is 4.47. The molecule has 0 saturated carbocycles. The van der Waals surface area contributed by atoms with E-state index >= 15 is 0 Å². The molecule has 1 heterocycles. The van der Waals surface area contributed by atoms with Crippen LogP contribution in [-0.4, -0.2) is 10.8 Å². The van der Waals surface area contributed by atoms with Crippen molar-refractivity contribution < 1.29 is 13.2 Å². The molecular weight excluding hydrogens is 221 g/mol. The fourth-order valence-electron chi connectivity index (χ4n) is 1.31. The van der Waals surface area contributed by atoms with E-state index in [9.17, 15) is 13.2 Å². The zero-order valence-electron chi connectivity index (χ0n) is 8.85. The van der Waals surface area contributed by atoms with Crippen molar-refractivity contribution in [2.24, 2.45) is 0 Å². The third kappa shape index (κ3) is 4.16. The topological polar surface area (TPSA) is 0 Å². The van der Waals surface area contributed by atoms with Gasteiger partial charge < -0.3 is 0 Å². The molecule has 84 valence electrons. The molecule has 0 N–H and O–H groups in total. The Morgan fingerprint density at radius 2 is 1.20 bits per heavy atom. The Kier molecular flexibility index (Phi) is 3.71. The minimum atomic E-state index is -3.04. The molecule has 1 aliphatic heterocycles. The number of thioether (sulfide) groups is 1. The molecule has 1 aromatic rings. The molecule has 0 bridgehead atoms. The van der Waals surface area contributed by atoms with Crippen LogP contribution in [0.1, 0.15) is 16.7 Å². The first kappa shape index (κ1) is 12.4. The Morgan fingerprint density at radius 3 is 1.33 bits per heavy atom. The molecule has 0 aromatic heterocycles. The zero-order valence-corrected chi connectivity index (χ0v) is 9.67. The minimum Gasteiger partial charge on any atom is -0.228 e. The smallest absolute Gasteiger partial charge is 0.228 e. The van der Waals surface area contributed by atoms with Crippen LogP contribution >= 0.6 is 11.8 Å². The van der Waals surface area contributed by atoms with Crippen molar-refractivity contribution in [1.29, 1.82) is 0 Å². The monoisotopic (exact) mass is 234 g/mol. The van der Waals surface area contributed by atoms with Crippen molar-refractivity contribution in [3.8, 4) is 0 Å². The van der Waals surface area contributed by atoms with Crippen molar-refractivity contribution in [1.82, 2.24) is 0 Å². The van der Waals surface area contributed by atoms with E-state index in [1.807, 2.05) is 0 Å². The lowest BCUT2D eigenvalue weighted by atomic mass is 10.1. The van der Waals surface area contributed by atoms with Crippen molar-refractivity contribution >= 4 is 11.8 Å². The van der Waals surface area contributed by atoms with Gasteiger partial charge in [0.2, 0.25) is 5.50 Å². The second-order valence-corrected chi connectivity index (χ2v) is 4.85. The fourth-order valence-corrected chi connectivity index (χ4v) is 1.51. The van der Waals surface area contributed by atoms with E-state index in [0.29, 0.717) is 0 Å². The standard InChI is InChI=1S/C9H12.C2HF3S/c1-7-4-8(2)6-9(3)5-7;3-1-2(4,5)6-1/h4-6H,1-3H3;1H. The van der Waals surface area contributed by atoms with E-state index in [2.05, 4.69) is 39.0 Å². The summed E-state index contributed by atoms with van der Waals surface area (Å²) in [5.41, 5.74) is 2.14. The third-order valence-electron chi connectivity index (χ3n) is 1.83. The summed E-state index contributed by atoms with van der Waals surface area (Å²) in [5, 5.41) is -3.04. The molecule has 0 aliphatic carbocycles. The highest BCUT2D eigenvalue weighted by Crippen LogP contribution is 2.56. The molecule has 1 aliphatic rings. The Labute approximate surface area is 91.9 Å². The molecule has 2 rings (SSSR count). The predicted molar refractivity (Wildman–Crippen MR) is 58.1 cm³/mol. The van der Waals surface area contributed by atoms with Crippen LogP contribution in [0.2, 0.25) is 0 Å². The Hall–Kier alpha value is -0.640. The van der Waals surface area contributed by atoms with Gasteiger partial charge in [0.1, 0.15) is 0 Å². The maximum Gasteiger partial charge on any atom is 0.336 e. The van der Waals surface area contributed by atoms with E-state index < -0.39 is 10.8 Å². The first-order valence-corrected chi connectivity index (χ1v) is 5.44. The summed E-state index contributed by atoms with van der Waals surface area (Å²) in [5.74, 6) is 0. The average molecular weight is 234 g/mol. The van der Waals surface area contributed by atoms with Gasteiger partial charge in [0, 0.05) is 0 Å². The van der Waals surface area contributed by atoms with Crippen LogP contribution in [0.5, 0.6) is 0 Å². The average Bonchev–Trinajstić information content (AvgIpc) is 2.53. The van der Waals surface area contributed by atoms with Gasteiger partial charge in [-0.25, -0.2) is 4.39 Å². The summed E-state index contributed by atoms with van der Waals surface area (Å²) in [6.45, 7) is 6.38. The molecule has 0 amide bonds. The van der Waals surface area contributed by atoms with Gasteiger partial charge in [-0.1, -0.05) is 34.9 Å². The van der Waals surface area contributed by atoms with E-state index in [-0.39, 0.29) is 11.8 Å². The lowest BCUT2D eigenvalue weighted by molar-refractivity contribution is 0.105. The van der Waals surface area contributed by atoms with Crippen molar-refractivity contribution in [2.45, 2.75) is 31.5 Å². The van der Waals surface area contributed by atoms with Crippen molar-refractivity contribution in [3.63, 3.8) is 0 Å². The molecule has 1 saturated heterocycles. The van der Waals surface area contributed by atoms with Gasteiger partial charge in [0.15, 0.2) is 0 Å². The number of benzene rings is 1. The Balaban J connectivity index is 0.000000162. The fraction of sp³-hybridized carbons (Fsp3) is 0.455. The summed E-state index contributed by atoms with van der Waals surface area (Å²) in [6, 6.07) is 6.56.